The molecule has 2 bridgehead atoms. The van der Waals surface area contributed by atoms with E-state index in [0.717, 1.165) is 12.1 Å². The van der Waals surface area contributed by atoms with Gasteiger partial charge >= 0.3 is 0 Å². The Morgan fingerprint density at radius 2 is 1.85 bits per heavy atom. The van der Waals surface area contributed by atoms with Gasteiger partial charge in [0.1, 0.15) is 5.69 Å². The molecular weight excluding hydrogens is 444 g/mol. The lowest BCUT2D eigenvalue weighted by molar-refractivity contribution is -0.384. The molecule has 2 atom stereocenters. The Hall–Kier alpha value is -3.65. The average molecular weight is 465 g/mol. The SMILES string of the molecule is O=C(Nc1ccc(Cl)cc1)c1ccc(N2CC3CC(C2)c2cccc(=O)n2C3)c([N+](=O)[O-])c1. The molecule has 3 aromatic rings. The number of hydrogen-bond donors (Lipinski definition) is 1. The van der Waals surface area contributed by atoms with Gasteiger partial charge in [-0.1, -0.05) is 17.7 Å². The van der Waals surface area contributed by atoms with Crippen LogP contribution in [0.3, 0.4) is 0 Å². The molecule has 1 amide bonds. The predicted octanol–water partition coefficient (Wildman–Crippen LogP) is 4.29. The lowest BCUT2D eigenvalue weighted by Crippen LogP contribution is -2.47. The Morgan fingerprint density at radius 1 is 1.06 bits per heavy atom. The zero-order valence-electron chi connectivity index (χ0n) is 17.6. The molecular formula is C24H21ClN4O4. The fraction of sp³-hybridized carbons (Fsp3) is 0.250. The first kappa shape index (κ1) is 21.2. The van der Waals surface area contributed by atoms with Crippen molar-refractivity contribution in [3.8, 4) is 0 Å². The van der Waals surface area contributed by atoms with Crippen LogP contribution in [0.5, 0.6) is 0 Å². The summed E-state index contributed by atoms with van der Waals surface area (Å²) in [4.78, 5) is 38.4. The Morgan fingerprint density at radius 3 is 2.61 bits per heavy atom. The molecule has 1 N–H and O–H groups in total. The van der Waals surface area contributed by atoms with Crippen molar-refractivity contribution < 1.29 is 9.72 Å². The number of anilines is 2. The summed E-state index contributed by atoms with van der Waals surface area (Å²) in [5.74, 6) is -0.0847. The number of nitro benzene ring substituents is 1. The monoisotopic (exact) mass is 464 g/mol. The number of carbonyl (C=O) groups is 1. The maximum absolute atomic E-state index is 12.7. The van der Waals surface area contributed by atoms with E-state index >= 15 is 0 Å². The highest BCUT2D eigenvalue weighted by atomic mass is 35.5. The summed E-state index contributed by atoms with van der Waals surface area (Å²) in [6, 6.07) is 16.5. The van der Waals surface area contributed by atoms with Gasteiger partial charge in [0.15, 0.2) is 0 Å². The lowest BCUT2D eigenvalue weighted by Gasteiger charge is -2.43. The first-order chi connectivity index (χ1) is 15.9. The quantitative estimate of drug-likeness (QED) is 0.459. The second kappa shape index (κ2) is 8.37. The van der Waals surface area contributed by atoms with E-state index in [-0.39, 0.29) is 28.6 Å². The molecule has 9 heteroatoms. The van der Waals surface area contributed by atoms with Crippen LogP contribution in [-0.2, 0) is 6.54 Å². The maximum Gasteiger partial charge on any atom is 0.293 e. The number of nitrogens with zero attached hydrogens (tertiary/aromatic N) is 3. The third-order valence-electron chi connectivity index (χ3n) is 6.36. The van der Waals surface area contributed by atoms with E-state index in [1.54, 1.807) is 48.5 Å². The van der Waals surface area contributed by atoms with Gasteiger partial charge in [0, 0.05) is 59.7 Å². The summed E-state index contributed by atoms with van der Waals surface area (Å²) in [5.41, 5.74) is 2.11. The van der Waals surface area contributed by atoms with E-state index in [1.807, 2.05) is 15.5 Å². The van der Waals surface area contributed by atoms with Gasteiger partial charge in [-0.2, -0.15) is 0 Å². The van der Waals surface area contributed by atoms with E-state index in [0.29, 0.717) is 36.0 Å². The molecule has 0 radical (unpaired) electrons. The maximum atomic E-state index is 12.7. The summed E-state index contributed by atoms with van der Waals surface area (Å²) < 4.78 is 1.83. The van der Waals surface area contributed by atoms with Crippen molar-refractivity contribution in [2.75, 3.05) is 23.3 Å². The highest BCUT2D eigenvalue weighted by Gasteiger charge is 2.36. The van der Waals surface area contributed by atoms with Crippen LogP contribution in [0.25, 0.3) is 0 Å². The van der Waals surface area contributed by atoms with Crippen LogP contribution in [0.15, 0.2) is 65.5 Å². The number of fused-ring (bicyclic) bond motifs is 4. The first-order valence-corrected chi connectivity index (χ1v) is 11.1. The van der Waals surface area contributed by atoms with E-state index in [4.69, 9.17) is 11.6 Å². The van der Waals surface area contributed by atoms with Crippen LogP contribution >= 0.6 is 11.6 Å². The number of rotatable bonds is 4. The van der Waals surface area contributed by atoms with Crippen molar-refractivity contribution in [3.05, 3.63) is 97.4 Å². The molecule has 1 fully saturated rings. The zero-order valence-corrected chi connectivity index (χ0v) is 18.4. The fourth-order valence-corrected chi connectivity index (χ4v) is 5.03. The second-order valence-electron chi connectivity index (χ2n) is 8.52. The van der Waals surface area contributed by atoms with E-state index in [1.165, 1.54) is 6.07 Å². The van der Waals surface area contributed by atoms with Crippen LogP contribution in [0.2, 0.25) is 5.02 Å². The minimum absolute atomic E-state index is 0.00215. The molecule has 168 valence electrons. The van der Waals surface area contributed by atoms with Crippen molar-refractivity contribution in [2.45, 2.75) is 18.9 Å². The molecule has 0 saturated carbocycles. The Labute approximate surface area is 194 Å². The molecule has 8 nitrogen and oxygen atoms in total. The molecule has 1 saturated heterocycles. The lowest BCUT2D eigenvalue weighted by atomic mass is 9.83. The second-order valence-corrected chi connectivity index (χ2v) is 8.96. The van der Waals surface area contributed by atoms with Crippen LogP contribution in [-0.4, -0.2) is 28.5 Å². The number of nitrogens with one attached hydrogen (secondary N) is 1. The van der Waals surface area contributed by atoms with Crippen molar-refractivity contribution in [2.24, 2.45) is 5.92 Å². The van der Waals surface area contributed by atoms with Gasteiger partial charge < -0.3 is 14.8 Å². The number of nitro groups is 1. The summed E-state index contributed by atoms with van der Waals surface area (Å²) in [6.45, 7) is 1.81. The van der Waals surface area contributed by atoms with Gasteiger partial charge in [-0.15, -0.1) is 0 Å². The van der Waals surface area contributed by atoms with E-state index < -0.39 is 10.8 Å². The summed E-state index contributed by atoms with van der Waals surface area (Å²) in [7, 11) is 0. The third kappa shape index (κ3) is 4.09. The number of aromatic nitrogens is 1. The highest BCUT2D eigenvalue weighted by molar-refractivity contribution is 6.30. The molecule has 33 heavy (non-hydrogen) atoms. The van der Waals surface area contributed by atoms with Gasteiger partial charge in [-0.3, -0.25) is 19.7 Å². The number of hydrogen-bond acceptors (Lipinski definition) is 5. The van der Waals surface area contributed by atoms with Crippen molar-refractivity contribution in [3.63, 3.8) is 0 Å². The first-order valence-electron chi connectivity index (χ1n) is 10.7. The largest absolute Gasteiger partial charge is 0.365 e. The van der Waals surface area contributed by atoms with Gasteiger partial charge in [0.2, 0.25) is 0 Å². The molecule has 2 aliphatic rings. The van der Waals surface area contributed by atoms with E-state index in [9.17, 15) is 19.7 Å². The van der Waals surface area contributed by atoms with Crippen molar-refractivity contribution in [1.29, 1.82) is 0 Å². The predicted molar refractivity (Wildman–Crippen MR) is 126 cm³/mol. The molecule has 5 rings (SSSR count). The van der Waals surface area contributed by atoms with Gasteiger partial charge in [-0.25, -0.2) is 0 Å². The van der Waals surface area contributed by atoms with E-state index in [2.05, 4.69) is 5.32 Å². The van der Waals surface area contributed by atoms with Crippen LogP contribution in [0.4, 0.5) is 17.1 Å². The third-order valence-corrected chi connectivity index (χ3v) is 6.61. The number of halogens is 1. The summed E-state index contributed by atoms with van der Waals surface area (Å²) in [5, 5.41) is 15.2. The topological polar surface area (TPSA) is 97.5 Å². The minimum atomic E-state index is -0.447. The number of benzene rings is 2. The Balaban J connectivity index is 1.42. The summed E-state index contributed by atoms with van der Waals surface area (Å²) >= 11 is 5.87. The number of piperidine rings is 1. The van der Waals surface area contributed by atoms with Crippen molar-refractivity contribution in [1.82, 2.24) is 4.57 Å². The zero-order chi connectivity index (χ0) is 23.1. The normalized spacial score (nSPS) is 19.0. The number of pyridine rings is 1. The minimum Gasteiger partial charge on any atom is -0.365 e. The molecule has 0 spiro atoms. The van der Waals surface area contributed by atoms with Gasteiger partial charge in [0.05, 0.1) is 4.92 Å². The molecule has 2 unspecified atom stereocenters. The highest BCUT2D eigenvalue weighted by Crippen LogP contribution is 2.39. The standard InChI is InChI=1S/C24H21ClN4O4/c25-18-5-7-19(8-6-18)26-24(31)16-4-9-21(22(11-16)29(32)33)27-12-15-10-17(14-27)20-2-1-3-23(30)28(20)13-15/h1-9,11,15,17H,10,12-14H2,(H,26,31). The smallest absolute Gasteiger partial charge is 0.293 e. The van der Waals surface area contributed by atoms with Gasteiger partial charge in [0.25, 0.3) is 17.2 Å². The van der Waals surface area contributed by atoms with Crippen LogP contribution in [0.1, 0.15) is 28.4 Å². The molecule has 2 aromatic carbocycles. The molecule has 2 aliphatic heterocycles. The molecule has 0 aliphatic carbocycles. The molecule has 3 heterocycles. The average Bonchev–Trinajstić information content (AvgIpc) is 2.80. The van der Waals surface area contributed by atoms with Crippen LogP contribution < -0.4 is 15.8 Å². The Kier molecular flexibility index (Phi) is 5.38. The van der Waals surface area contributed by atoms with Gasteiger partial charge in [-0.05, 0) is 54.8 Å². The number of carbonyl (C=O) groups excluding carboxylic acids is 1. The number of amides is 1. The van der Waals surface area contributed by atoms with Crippen LogP contribution in [0, 0.1) is 16.0 Å². The summed E-state index contributed by atoms with van der Waals surface area (Å²) in [6.07, 6.45) is 0.954. The van der Waals surface area contributed by atoms with Crippen molar-refractivity contribution >= 4 is 34.6 Å². The fourth-order valence-electron chi connectivity index (χ4n) is 4.91. The Bertz CT molecular complexity index is 1300. The molecule has 1 aromatic heterocycles.